The van der Waals surface area contributed by atoms with Gasteiger partial charge in [0.1, 0.15) is 0 Å². The third-order valence-corrected chi connectivity index (χ3v) is 3.32. The second kappa shape index (κ2) is 5.50. The first-order valence-corrected chi connectivity index (χ1v) is 6.19. The topological polar surface area (TPSA) is 49.8 Å². The van der Waals surface area contributed by atoms with Gasteiger partial charge in [0, 0.05) is 19.6 Å². The smallest absolute Gasteiger partial charge is 0.334 e. The summed E-state index contributed by atoms with van der Waals surface area (Å²) in [4.78, 5) is 13.1. The van der Waals surface area contributed by atoms with Crippen LogP contribution in [0.3, 0.4) is 0 Å². The van der Waals surface area contributed by atoms with Crippen LogP contribution in [0.2, 0.25) is 0 Å². The zero-order chi connectivity index (χ0) is 13.1. The summed E-state index contributed by atoms with van der Waals surface area (Å²) in [7, 11) is 0. The van der Waals surface area contributed by atoms with Crippen molar-refractivity contribution in [3.63, 3.8) is 0 Å². The Hall–Kier alpha value is -1.39. The monoisotopic (exact) mass is 249 g/mol. The molecule has 1 aromatic carbocycles. The molecule has 1 atom stereocenters. The van der Waals surface area contributed by atoms with Crippen molar-refractivity contribution >= 4 is 5.97 Å². The summed E-state index contributed by atoms with van der Waals surface area (Å²) in [6, 6.07) is 6.37. The highest BCUT2D eigenvalue weighted by atomic mass is 16.5. The van der Waals surface area contributed by atoms with Crippen molar-refractivity contribution in [2.24, 2.45) is 0 Å². The number of morpholine rings is 1. The molecule has 1 heterocycles. The van der Waals surface area contributed by atoms with E-state index < -0.39 is 12.1 Å². The molecular formula is C14H19NO3. The standard InChI is InChI=1S/C14H19NO3/c1-10-3-4-11(2)12(7-10)8-15-5-6-18-13(9-15)14(16)17/h3-4,7,13H,5-6,8-9H2,1-2H3,(H,16,17). The van der Waals surface area contributed by atoms with Gasteiger partial charge in [0.15, 0.2) is 6.10 Å². The molecule has 1 fully saturated rings. The summed E-state index contributed by atoms with van der Waals surface area (Å²) in [5.41, 5.74) is 3.75. The van der Waals surface area contributed by atoms with Crippen LogP contribution in [0.5, 0.6) is 0 Å². The number of aryl methyl sites for hydroxylation is 2. The van der Waals surface area contributed by atoms with Gasteiger partial charge in [-0.2, -0.15) is 0 Å². The number of nitrogens with zero attached hydrogens (tertiary/aromatic N) is 1. The average molecular weight is 249 g/mol. The van der Waals surface area contributed by atoms with Crippen LogP contribution in [0.4, 0.5) is 0 Å². The Balaban J connectivity index is 2.04. The Morgan fingerprint density at radius 2 is 2.28 bits per heavy atom. The minimum atomic E-state index is -0.874. The summed E-state index contributed by atoms with van der Waals surface area (Å²) < 4.78 is 5.22. The number of rotatable bonds is 3. The van der Waals surface area contributed by atoms with E-state index in [9.17, 15) is 4.79 Å². The molecule has 1 aliphatic rings. The van der Waals surface area contributed by atoms with Crippen LogP contribution in [0.15, 0.2) is 18.2 Å². The van der Waals surface area contributed by atoms with Crippen molar-refractivity contribution in [1.29, 1.82) is 0 Å². The van der Waals surface area contributed by atoms with Crippen LogP contribution >= 0.6 is 0 Å². The second-order valence-corrected chi connectivity index (χ2v) is 4.86. The molecule has 0 spiro atoms. The predicted molar refractivity (Wildman–Crippen MR) is 68.6 cm³/mol. The fourth-order valence-corrected chi connectivity index (χ4v) is 2.21. The van der Waals surface area contributed by atoms with Gasteiger partial charge in [-0.05, 0) is 25.0 Å². The zero-order valence-electron chi connectivity index (χ0n) is 10.8. The van der Waals surface area contributed by atoms with Crippen molar-refractivity contribution in [3.8, 4) is 0 Å². The van der Waals surface area contributed by atoms with E-state index in [1.165, 1.54) is 16.7 Å². The van der Waals surface area contributed by atoms with Crippen LogP contribution in [-0.2, 0) is 16.1 Å². The van der Waals surface area contributed by atoms with Gasteiger partial charge < -0.3 is 9.84 Å². The number of hydrogen-bond acceptors (Lipinski definition) is 3. The number of aliphatic carboxylic acids is 1. The SMILES string of the molecule is Cc1ccc(C)c(CN2CCOC(C(=O)O)C2)c1. The summed E-state index contributed by atoms with van der Waals surface area (Å²) in [5.74, 6) is -0.874. The van der Waals surface area contributed by atoms with E-state index in [1.807, 2.05) is 0 Å². The number of benzene rings is 1. The zero-order valence-corrected chi connectivity index (χ0v) is 10.8. The molecule has 0 radical (unpaired) electrons. The molecule has 4 nitrogen and oxygen atoms in total. The summed E-state index contributed by atoms with van der Waals surface area (Å²) in [6.07, 6.45) is -0.691. The molecule has 0 aliphatic carbocycles. The number of carboxylic acids is 1. The van der Waals surface area contributed by atoms with E-state index >= 15 is 0 Å². The van der Waals surface area contributed by atoms with Crippen molar-refractivity contribution in [3.05, 3.63) is 34.9 Å². The lowest BCUT2D eigenvalue weighted by atomic mass is 10.0. The number of ether oxygens (including phenoxy) is 1. The Labute approximate surface area is 107 Å². The quantitative estimate of drug-likeness (QED) is 0.883. The van der Waals surface area contributed by atoms with E-state index in [0.717, 1.165) is 13.1 Å². The Kier molecular flexibility index (Phi) is 3.99. The van der Waals surface area contributed by atoms with Gasteiger partial charge in [-0.3, -0.25) is 4.90 Å². The Morgan fingerprint density at radius 1 is 1.50 bits per heavy atom. The van der Waals surface area contributed by atoms with E-state index in [-0.39, 0.29) is 0 Å². The van der Waals surface area contributed by atoms with Gasteiger partial charge in [0.25, 0.3) is 0 Å². The normalized spacial score (nSPS) is 20.9. The molecule has 0 amide bonds. The molecule has 18 heavy (non-hydrogen) atoms. The van der Waals surface area contributed by atoms with Gasteiger partial charge in [0.05, 0.1) is 6.61 Å². The lowest BCUT2D eigenvalue weighted by Gasteiger charge is -2.31. The largest absolute Gasteiger partial charge is 0.479 e. The molecule has 1 aliphatic heterocycles. The molecule has 1 saturated heterocycles. The first-order chi connectivity index (χ1) is 8.56. The average Bonchev–Trinajstić information content (AvgIpc) is 2.34. The molecule has 0 saturated carbocycles. The maximum atomic E-state index is 10.9. The van der Waals surface area contributed by atoms with Crippen molar-refractivity contribution in [2.45, 2.75) is 26.5 Å². The molecule has 4 heteroatoms. The highest BCUT2D eigenvalue weighted by Gasteiger charge is 2.26. The van der Waals surface area contributed by atoms with E-state index in [2.05, 4.69) is 36.9 Å². The van der Waals surface area contributed by atoms with Gasteiger partial charge >= 0.3 is 5.97 Å². The van der Waals surface area contributed by atoms with Crippen molar-refractivity contribution < 1.29 is 14.6 Å². The molecule has 1 aromatic rings. The highest BCUT2D eigenvalue weighted by molar-refractivity contribution is 5.72. The molecule has 98 valence electrons. The lowest BCUT2D eigenvalue weighted by Crippen LogP contribution is -2.45. The minimum absolute atomic E-state index is 0.461. The summed E-state index contributed by atoms with van der Waals surface area (Å²) >= 11 is 0. The summed E-state index contributed by atoms with van der Waals surface area (Å²) in [5, 5.41) is 8.97. The second-order valence-electron chi connectivity index (χ2n) is 4.86. The molecule has 0 bridgehead atoms. The van der Waals surface area contributed by atoms with Crippen LogP contribution in [0.1, 0.15) is 16.7 Å². The van der Waals surface area contributed by atoms with Gasteiger partial charge in [0.2, 0.25) is 0 Å². The number of carboxylic acid groups (broad SMARTS) is 1. The minimum Gasteiger partial charge on any atom is -0.479 e. The highest BCUT2D eigenvalue weighted by Crippen LogP contribution is 2.15. The van der Waals surface area contributed by atoms with Crippen LogP contribution in [0, 0.1) is 13.8 Å². The first-order valence-electron chi connectivity index (χ1n) is 6.19. The van der Waals surface area contributed by atoms with Gasteiger partial charge in [-0.25, -0.2) is 4.79 Å². The first kappa shape index (κ1) is 13.1. The molecular weight excluding hydrogens is 230 g/mol. The molecule has 1 unspecified atom stereocenters. The van der Waals surface area contributed by atoms with Crippen molar-refractivity contribution in [2.75, 3.05) is 19.7 Å². The van der Waals surface area contributed by atoms with Crippen LogP contribution in [0.25, 0.3) is 0 Å². The molecule has 0 aromatic heterocycles. The Morgan fingerprint density at radius 3 is 3.00 bits per heavy atom. The van der Waals surface area contributed by atoms with Crippen molar-refractivity contribution in [1.82, 2.24) is 4.90 Å². The third-order valence-electron chi connectivity index (χ3n) is 3.32. The van der Waals surface area contributed by atoms with E-state index in [1.54, 1.807) is 0 Å². The fraction of sp³-hybridized carbons (Fsp3) is 0.500. The van der Waals surface area contributed by atoms with Crippen LogP contribution in [-0.4, -0.2) is 41.8 Å². The predicted octanol–water partition coefficient (Wildman–Crippen LogP) is 1.59. The third kappa shape index (κ3) is 3.09. The number of hydrogen-bond donors (Lipinski definition) is 1. The van der Waals surface area contributed by atoms with Gasteiger partial charge in [-0.15, -0.1) is 0 Å². The van der Waals surface area contributed by atoms with Gasteiger partial charge in [-0.1, -0.05) is 23.8 Å². The van der Waals surface area contributed by atoms with E-state index in [4.69, 9.17) is 9.84 Å². The Bertz CT molecular complexity index is 445. The maximum Gasteiger partial charge on any atom is 0.334 e. The number of carbonyl (C=O) groups is 1. The fourth-order valence-electron chi connectivity index (χ4n) is 2.21. The lowest BCUT2D eigenvalue weighted by molar-refractivity contribution is -0.156. The van der Waals surface area contributed by atoms with Crippen LogP contribution < -0.4 is 0 Å². The summed E-state index contributed by atoms with van der Waals surface area (Å²) in [6.45, 7) is 6.69. The molecule has 1 N–H and O–H groups in total. The maximum absolute atomic E-state index is 10.9. The van der Waals surface area contributed by atoms with E-state index in [0.29, 0.717) is 13.2 Å². The molecule has 2 rings (SSSR count).